The van der Waals surface area contributed by atoms with Gasteiger partial charge in [0.25, 0.3) is 0 Å². The largest absolute Gasteiger partial charge is 0.618 e. The van der Waals surface area contributed by atoms with E-state index in [9.17, 15) is 5.21 Å². The summed E-state index contributed by atoms with van der Waals surface area (Å²) in [6.45, 7) is 0. The number of rotatable bonds is 1. The van der Waals surface area contributed by atoms with Gasteiger partial charge in [-0.15, -0.1) is 0 Å². The molecule has 0 unspecified atom stereocenters. The van der Waals surface area contributed by atoms with Crippen LogP contribution in [0.4, 0.5) is 0 Å². The standard InChI is InChI=1S/C15H11NO/c17-16-11-5-9-13-8-4-10-14(15(13)16)12-6-2-1-3-7-12/h1-11H. The topological polar surface area (TPSA) is 26.9 Å². The minimum absolute atomic E-state index is 0.723. The minimum Gasteiger partial charge on any atom is -0.618 e. The second-order valence-corrected chi connectivity index (χ2v) is 3.94. The van der Waals surface area contributed by atoms with Gasteiger partial charge in [-0.1, -0.05) is 36.4 Å². The van der Waals surface area contributed by atoms with Gasteiger partial charge in [-0.2, -0.15) is 4.73 Å². The van der Waals surface area contributed by atoms with E-state index >= 15 is 0 Å². The van der Waals surface area contributed by atoms with E-state index in [-0.39, 0.29) is 0 Å². The zero-order valence-electron chi connectivity index (χ0n) is 9.21. The Labute approximate surface area is 99.3 Å². The van der Waals surface area contributed by atoms with Crippen LogP contribution in [-0.2, 0) is 0 Å². The van der Waals surface area contributed by atoms with Gasteiger partial charge in [-0.3, -0.25) is 0 Å². The Morgan fingerprint density at radius 3 is 2.35 bits per heavy atom. The number of nitrogens with zero attached hydrogens (tertiary/aromatic N) is 1. The van der Waals surface area contributed by atoms with Gasteiger partial charge in [0.05, 0.1) is 5.56 Å². The molecule has 3 aromatic rings. The molecule has 0 spiro atoms. The van der Waals surface area contributed by atoms with Crippen LogP contribution in [0.5, 0.6) is 0 Å². The lowest BCUT2D eigenvalue weighted by Gasteiger charge is -2.06. The fourth-order valence-electron chi connectivity index (χ4n) is 2.09. The van der Waals surface area contributed by atoms with Gasteiger partial charge in [0.2, 0.25) is 5.52 Å². The molecule has 3 rings (SSSR count). The van der Waals surface area contributed by atoms with Gasteiger partial charge < -0.3 is 5.21 Å². The summed E-state index contributed by atoms with van der Waals surface area (Å²) in [7, 11) is 0. The first-order valence-corrected chi connectivity index (χ1v) is 5.52. The van der Waals surface area contributed by atoms with Crippen molar-refractivity contribution in [1.82, 2.24) is 0 Å². The third-order valence-electron chi connectivity index (χ3n) is 2.87. The van der Waals surface area contributed by atoms with E-state index in [1.807, 2.05) is 54.6 Å². The summed E-state index contributed by atoms with van der Waals surface area (Å²) < 4.78 is 0.928. The molecule has 0 N–H and O–H groups in total. The van der Waals surface area contributed by atoms with Crippen molar-refractivity contribution < 1.29 is 4.73 Å². The molecule has 1 heterocycles. The number of hydrogen-bond acceptors (Lipinski definition) is 1. The van der Waals surface area contributed by atoms with Crippen molar-refractivity contribution in [3.63, 3.8) is 0 Å². The molecule has 0 aliphatic heterocycles. The first-order valence-electron chi connectivity index (χ1n) is 5.52. The van der Waals surface area contributed by atoms with E-state index in [0.29, 0.717) is 0 Å². The molecule has 2 heteroatoms. The quantitative estimate of drug-likeness (QED) is 0.458. The Kier molecular flexibility index (Phi) is 2.26. The van der Waals surface area contributed by atoms with Crippen LogP contribution in [0.15, 0.2) is 66.9 Å². The lowest BCUT2D eigenvalue weighted by Crippen LogP contribution is -2.26. The maximum Gasteiger partial charge on any atom is 0.231 e. The lowest BCUT2D eigenvalue weighted by molar-refractivity contribution is -0.576. The molecule has 82 valence electrons. The Morgan fingerprint density at radius 1 is 0.765 bits per heavy atom. The third-order valence-corrected chi connectivity index (χ3v) is 2.87. The fourth-order valence-corrected chi connectivity index (χ4v) is 2.09. The van der Waals surface area contributed by atoms with Crippen LogP contribution < -0.4 is 4.73 Å². The van der Waals surface area contributed by atoms with Gasteiger partial charge in [-0.25, -0.2) is 0 Å². The molecule has 0 radical (unpaired) electrons. The van der Waals surface area contributed by atoms with Crippen molar-refractivity contribution in [3.05, 3.63) is 72.1 Å². The predicted molar refractivity (Wildman–Crippen MR) is 68.3 cm³/mol. The van der Waals surface area contributed by atoms with Crippen LogP contribution in [0.3, 0.4) is 0 Å². The summed E-state index contributed by atoms with van der Waals surface area (Å²) in [4.78, 5) is 0. The second kappa shape index (κ2) is 3.91. The van der Waals surface area contributed by atoms with E-state index < -0.39 is 0 Å². The highest BCUT2D eigenvalue weighted by Gasteiger charge is 2.10. The molecule has 17 heavy (non-hydrogen) atoms. The third kappa shape index (κ3) is 1.64. The van der Waals surface area contributed by atoms with Crippen molar-refractivity contribution in [1.29, 1.82) is 0 Å². The molecule has 1 aromatic heterocycles. The van der Waals surface area contributed by atoms with E-state index in [1.165, 1.54) is 6.20 Å². The Bertz CT molecular complexity index is 657. The SMILES string of the molecule is [O-][n+]1cccc2cccc(-c3ccccc3)c21. The Balaban J connectivity index is 2.38. The summed E-state index contributed by atoms with van der Waals surface area (Å²) in [5.41, 5.74) is 2.76. The summed E-state index contributed by atoms with van der Waals surface area (Å²) in [5, 5.41) is 12.9. The zero-order chi connectivity index (χ0) is 11.7. The molecule has 0 saturated carbocycles. The van der Waals surface area contributed by atoms with Crippen molar-refractivity contribution in [2.24, 2.45) is 0 Å². The van der Waals surface area contributed by atoms with Gasteiger partial charge in [0, 0.05) is 11.5 Å². The van der Waals surface area contributed by atoms with Crippen LogP contribution in [0, 0.1) is 5.21 Å². The summed E-state index contributed by atoms with van der Waals surface area (Å²) >= 11 is 0. The van der Waals surface area contributed by atoms with E-state index in [0.717, 1.165) is 26.8 Å². The van der Waals surface area contributed by atoms with Gasteiger partial charge in [0.15, 0.2) is 6.20 Å². The molecule has 0 fully saturated rings. The molecular weight excluding hydrogens is 210 g/mol. The van der Waals surface area contributed by atoms with E-state index in [2.05, 4.69) is 0 Å². The first kappa shape index (κ1) is 9.85. The lowest BCUT2D eigenvalue weighted by atomic mass is 10.0. The van der Waals surface area contributed by atoms with Crippen LogP contribution in [-0.4, -0.2) is 0 Å². The number of aromatic nitrogens is 1. The van der Waals surface area contributed by atoms with Crippen LogP contribution in [0.1, 0.15) is 0 Å². The Hall–Kier alpha value is -2.35. The monoisotopic (exact) mass is 221 g/mol. The number of fused-ring (bicyclic) bond motifs is 1. The average molecular weight is 221 g/mol. The number of para-hydroxylation sites is 1. The van der Waals surface area contributed by atoms with E-state index in [1.54, 1.807) is 6.07 Å². The minimum atomic E-state index is 0.723. The highest BCUT2D eigenvalue weighted by Crippen LogP contribution is 2.25. The maximum atomic E-state index is 11.9. The molecule has 0 saturated heterocycles. The van der Waals surface area contributed by atoms with Crippen LogP contribution >= 0.6 is 0 Å². The summed E-state index contributed by atoms with van der Waals surface area (Å²) in [6.07, 6.45) is 1.54. The van der Waals surface area contributed by atoms with E-state index in [4.69, 9.17) is 0 Å². The van der Waals surface area contributed by atoms with Crippen molar-refractivity contribution in [2.45, 2.75) is 0 Å². The highest BCUT2D eigenvalue weighted by atomic mass is 16.5. The van der Waals surface area contributed by atoms with Crippen molar-refractivity contribution in [3.8, 4) is 11.1 Å². The Morgan fingerprint density at radius 2 is 1.53 bits per heavy atom. The summed E-state index contributed by atoms with van der Waals surface area (Å²) in [5.74, 6) is 0. The average Bonchev–Trinajstić information content (AvgIpc) is 2.39. The van der Waals surface area contributed by atoms with Crippen LogP contribution in [0.2, 0.25) is 0 Å². The molecule has 0 atom stereocenters. The molecular formula is C15H11NO. The van der Waals surface area contributed by atoms with Crippen molar-refractivity contribution in [2.75, 3.05) is 0 Å². The maximum absolute atomic E-state index is 11.9. The molecule has 0 aliphatic rings. The first-order chi connectivity index (χ1) is 8.36. The van der Waals surface area contributed by atoms with Gasteiger partial charge >= 0.3 is 0 Å². The second-order valence-electron chi connectivity index (χ2n) is 3.94. The molecule has 0 bridgehead atoms. The normalized spacial score (nSPS) is 10.6. The molecule has 2 aromatic carbocycles. The van der Waals surface area contributed by atoms with Crippen LogP contribution in [0.25, 0.3) is 22.0 Å². The van der Waals surface area contributed by atoms with Gasteiger partial charge in [0.1, 0.15) is 0 Å². The number of benzene rings is 2. The highest BCUT2D eigenvalue weighted by molar-refractivity contribution is 5.91. The smallest absolute Gasteiger partial charge is 0.231 e. The molecule has 2 nitrogen and oxygen atoms in total. The zero-order valence-corrected chi connectivity index (χ0v) is 9.21. The number of pyridine rings is 1. The van der Waals surface area contributed by atoms with Crippen molar-refractivity contribution >= 4 is 10.9 Å². The fraction of sp³-hybridized carbons (Fsp3) is 0. The summed E-state index contributed by atoms with van der Waals surface area (Å²) in [6, 6.07) is 19.6. The molecule has 0 amide bonds. The number of hydrogen-bond donors (Lipinski definition) is 0. The van der Waals surface area contributed by atoms with Gasteiger partial charge in [-0.05, 0) is 23.8 Å². The predicted octanol–water partition coefficient (Wildman–Crippen LogP) is 3.14. The molecule has 0 aliphatic carbocycles.